The second-order valence-electron chi connectivity index (χ2n) is 6.12. The molecule has 2 heterocycles. The summed E-state index contributed by atoms with van der Waals surface area (Å²) in [4.78, 5) is 40.3. The number of pyridine rings is 1. The Morgan fingerprint density at radius 2 is 1.62 bits per heavy atom. The van der Waals surface area contributed by atoms with Crippen molar-refractivity contribution < 1.29 is 19.0 Å². The van der Waals surface area contributed by atoms with E-state index in [1.165, 1.54) is 4.90 Å². The van der Waals surface area contributed by atoms with Gasteiger partial charge in [0, 0.05) is 19.2 Å². The van der Waals surface area contributed by atoms with E-state index in [1.54, 1.807) is 47.5 Å². The number of benzene rings is 1. The highest BCUT2D eigenvalue weighted by Gasteiger charge is 2.35. The highest BCUT2D eigenvalue weighted by atomic mass is 16.2. The van der Waals surface area contributed by atoms with Crippen molar-refractivity contribution in [1.82, 2.24) is 9.80 Å². The highest BCUT2D eigenvalue weighted by Crippen LogP contribution is 2.21. The van der Waals surface area contributed by atoms with Crippen LogP contribution in [-0.2, 0) is 6.54 Å². The number of carbonyl (C=O) groups is 3. The molecule has 0 spiro atoms. The normalized spacial score (nSPS) is 13.1. The first-order valence-corrected chi connectivity index (χ1v) is 8.80. The molecule has 0 unspecified atom stereocenters. The zero-order chi connectivity index (χ0) is 18.7. The molecule has 0 radical (unpaired) electrons. The summed E-state index contributed by atoms with van der Waals surface area (Å²) in [5.74, 6) is -0.548. The summed E-state index contributed by atoms with van der Waals surface area (Å²) in [5, 5.41) is 0. The van der Waals surface area contributed by atoms with Crippen molar-refractivity contribution in [3.63, 3.8) is 0 Å². The summed E-state index contributed by atoms with van der Waals surface area (Å²) in [6, 6.07) is 10.4. The number of nitrogens with zero attached hydrogens (tertiary/aromatic N) is 3. The average molecular weight is 352 g/mol. The topological polar surface area (TPSA) is 61.6 Å². The van der Waals surface area contributed by atoms with Gasteiger partial charge in [-0.15, -0.1) is 0 Å². The zero-order valence-electron chi connectivity index (χ0n) is 15.0. The van der Waals surface area contributed by atoms with Gasteiger partial charge in [-0.3, -0.25) is 19.3 Å². The van der Waals surface area contributed by atoms with Gasteiger partial charge in [0.1, 0.15) is 5.56 Å². The largest absolute Gasteiger partial charge is 0.339 e. The Kier molecular flexibility index (Phi) is 5.11. The highest BCUT2D eigenvalue weighted by molar-refractivity contribution is 6.21. The minimum atomic E-state index is -0.262. The molecule has 2 aromatic rings. The molecule has 134 valence electrons. The van der Waals surface area contributed by atoms with Gasteiger partial charge in [0.05, 0.1) is 17.7 Å². The Hall–Kier alpha value is -3.02. The van der Waals surface area contributed by atoms with E-state index in [0.717, 1.165) is 0 Å². The van der Waals surface area contributed by atoms with Gasteiger partial charge < -0.3 is 4.90 Å². The van der Waals surface area contributed by atoms with Crippen LogP contribution < -0.4 is 4.57 Å². The van der Waals surface area contributed by atoms with Crippen LogP contribution in [0.15, 0.2) is 48.8 Å². The summed E-state index contributed by atoms with van der Waals surface area (Å²) in [6.45, 7) is 5.89. The number of amides is 3. The van der Waals surface area contributed by atoms with E-state index >= 15 is 0 Å². The number of carbonyl (C=O) groups excluding carboxylic acids is 3. The van der Waals surface area contributed by atoms with Crippen LogP contribution in [0.2, 0.25) is 0 Å². The lowest BCUT2D eigenvalue weighted by Gasteiger charge is -2.17. The molecule has 0 saturated heterocycles. The lowest BCUT2D eigenvalue weighted by Crippen LogP contribution is -2.43. The summed E-state index contributed by atoms with van der Waals surface area (Å²) in [5.41, 5.74) is 1.50. The Balaban J connectivity index is 1.72. The quantitative estimate of drug-likeness (QED) is 0.588. The molecule has 6 heteroatoms. The van der Waals surface area contributed by atoms with Crippen LogP contribution in [0.3, 0.4) is 0 Å². The molecule has 26 heavy (non-hydrogen) atoms. The SMILES string of the molecule is CCN(CC)C(=O)c1ccc[n+](CCN2C(=O)c3ccccc3C2=O)c1. The third-order valence-electron chi connectivity index (χ3n) is 4.62. The maximum absolute atomic E-state index is 12.5. The molecular formula is C20H22N3O3+. The molecule has 1 aliphatic rings. The molecule has 0 bridgehead atoms. The maximum atomic E-state index is 12.5. The van der Waals surface area contributed by atoms with Gasteiger partial charge in [0.25, 0.3) is 17.7 Å². The van der Waals surface area contributed by atoms with Crippen LogP contribution in [0, 0.1) is 0 Å². The fraction of sp³-hybridized carbons (Fsp3) is 0.300. The van der Waals surface area contributed by atoms with Crippen molar-refractivity contribution in [3.05, 3.63) is 65.5 Å². The minimum Gasteiger partial charge on any atom is -0.339 e. The molecular weight excluding hydrogens is 330 g/mol. The van der Waals surface area contributed by atoms with Crippen LogP contribution in [0.25, 0.3) is 0 Å². The van der Waals surface area contributed by atoms with E-state index in [1.807, 2.05) is 24.6 Å². The van der Waals surface area contributed by atoms with Crippen LogP contribution in [0.1, 0.15) is 44.9 Å². The predicted octanol–water partition coefficient (Wildman–Crippen LogP) is 1.75. The van der Waals surface area contributed by atoms with Gasteiger partial charge in [0.15, 0.2) is 18.9 Å². The monoisotopic (exact) mass is 352 g/mol. The van der Waals surface area contributed by atoms with Gasteiger partial charge in [-0.25, -0.2) is 4.57 Å². The van der Waals surface area contributed by atoms with Crippen molar-refractivity contribution in [2.24, 2.45) is 0 Å². The summed E-state index contributed by atoms with van der Waals surface area (Å²) >= 11 is 0. The third-order valence-corrected chi connectivity index (χ3v) is 4.62. The van der Waals surface area contributed by atoms with Crippen LogP contribution in [0.5, 0.6) is 0 Å². The Morgan fingerprint density at radius 1 is 1.00 bits per heavy atom. The van der Waals surface area contributed by atoms with Crippen molar-refractivity contribution in [3.8, 4) is 0 Å². The lowest BCUT2D eigenvalue weighted by atomic mass is 10.1. The van der Waals surface area contributed by atoms with Gasteiger partial charge in [-0.2, -0.15) is 0 Å². The standard InChI is InChI=1S/C20H22N3O3/c1-3-22(4-2)18(24)15-8-7-11-21(14-15)12-13-23-19(25)16-9-5-6-10-17(16)20(23)26/h5-11,14H,3-4,12-13H2,1-2H3/q+1. The molecule has 0 fully saturated rings. The Bertz CT molecular complexity index is 824. The van der Waals surface area contributed by atoms with Crippen molar-refractivity contribution in [1.29, 1.82) is 0 Å². The van der Waals surface area contributed by atoms with E-state index in [0.29, 0.717) is 36.3 Å². The molecule has 6 nitrogen and oxygen atoms in total. The van der Waals surface area contributed by atoms with E-state index in [9.17, 15) is 14.4 Å². The molecule has 0 N–H and O–H groups in total. The number of imide groups is 1. The van der Waals surface area contributed by atoms with Crippen LogP contribution >= 0.6 is 0 Å². The summed E-state index contributed by atoms with van der Waals surface area (Å²) in [6.07, 6.45) is 3.59. The zero-order valence-corrected chi connectivity index (χ0v) is 15.0. The van der Waals surface area contributed by atoms with Crippen molar-refractivity contribution in [2.45, 2.75) is 20.4 Å². The van der Waals surface area contributed by atoms with Gasteiger partial charge in [-0.05, 0) is 32.0 Å². The Morgan fingerprint density at radius 3 is 2.19 bits per heavy atom. The average Bonchev–Trinajstić information content (AvgIpc) is 2.92. The molecule has 1 aromatic carbocycles. The number of hydrogen-bond acceptors (Lipinski definition) is 3. The number of rotatable bonds is 6. The third kappa shape index (κ3) is 3.22. The van der Waals surface area contributed by atoms with E-state index in [2.05, 4.69) is 0 Å². The van der Waals surface area contributed by atoms with E-state index < -0.39 is 0 Å². The Labute approximate surface area is 152 Å². The predicted molar refractivity (Wildman–Crippen MR) is 95.7 cm³/mol. The number of aromatic nitrogens is 1. The number of fused-ring (bicyclic) bond motifs is 1. The van der Waals surface area contributed by atoms with Crippen molar-refractivity contribution >= 4 is 17.7 Å². The second kappa shape index (κ2) is 7.47. The first-order valence-electron chi connectivity index (χ1n) is 8.80. The van der Waals surface area contributed by atoms with Gasteiger partial charge in [0.2, 0.25) is 0 Å². The van der Waals surface area contributed by atoms with Gasteiger partial charge in [-0.1, -0.05) is 12.1 Å². The first-order chi connectivity index (χ1) is 12.6. The molecule has 0 atom stereocenters. The van der Waals surface area contributed by atoms with Crippen LogP contribution in [0.4, 0.5) is 0 Å². The summed E-state index contributed by atoms with van der Waals surface area (Å²) < 4.78 is 1.83. The van der Waals surface area contributed by atoms with E-state index in [-0.39, 0.29) is 24.3 Å². The lowest BCUT2D eigenvalue weighted by molar-refractivity contribution is -0.696. The summed E-state index contributed by atoms with van der Waals surface area (Å²) in [7, 11) is 0. The molecule has 0 saturated carbocycles. The maximum Gasteiger partial charge on any atom is 0.261 e. The van der Waals surface area contributed by atoms with Crippen LogP contribution in [-0.4, -0.2) is 47.2 Å². The second-order valence-corrected chi connectivity index (χ2v) is 6.12. The molecule has 1 aromatic heterocycles. The molecule has 3 amide bonds. The smallest absolute Gasteiger partial charge is 0.261 e. The number of hydrogen-bond donors (Lipinski definition) is 0. The fourth-order valence-electron chi connectivity index (χ4n) is 3.14. The van der Waals surface area contributed by atoms with E-state index in [4.69, 9.17) is 0 Å². The van der Waals surface area contributed by atoms with Crippen molar-refractivity contribution in [2.75, 3.05) is 19.6 Å². The fourth-order valence-corrected chi connectivity index (χ4v) is 3.14. The molecule has 1 aliphatic heterocycles. The molecule has 3 rings (SSSR count). The minimum absolute atomic E-state index is 0.0231. The first kappa shape index (κ1) is 17.8. The molecule has 0 aliphatic carbocycles. The van der Waals surface area contributed by atoms with Gasteiger partial charge >= 0.3 is 0 Å².